The van der Waals surface area contributed by atoms with E-state index in [0.717, 1.165) is 0 Å². The highest BCUT2D eigenvalue weighted by Gasteiger charge is 2.40. The fraction of sp³-hybridized carbons (Fsp3) is 0.500. The van der Waals surface area contributed by atoms with Gasteiger partial charge in [-0.1, -0.05) is 0 Å². The molecule has 0 heterocycles. The molecule has 0 aliphatic rings. The second-order valence-corrected chi connectivity index (χ2v) is 3.14. The van der Waals surface area contributed by atoms with Gasteiger partial charge in [0.05, 0.1) is 6.42 Å². The average Bonchev–Trinajstić information content (AvgIpc) is 2.14. The number of carbonyl (C=O) groups excluding carboxylic acids is 1. The van der Waals surface area contributed by atoms with Crippen LogP contribution in [0.1, 0.15) is 19.3 Å². The molecule has 1 unspecified atom stereocenters. The summed E-state index contributed by atoms with van der Waals surface area (Å²) in [6, 6.07) is 0. The third kappa shape index (κ3) is 4.05. The van der Waals surface area contributed by atoms with Crippen LogP contribution in [-0.4, -0.2) is 49.7 Å². The maximum Gasteiger partial charge on any atom is 0.372 e. The standard InChI is InChI=1S/C8H10O8/c9-4(6(12)13)3-8(16,7(14)15)2-1-5(10)11/h16H,1-3H2,(H,10,11)(H,12,13)(H,14,15). The Balaban J connectivity index is 4.70. The molecule has 0 rings (SSSR count). The van der Waals surface area contributed by atoms with E-state index in [2.05, 4.69) is 0 Å². The zero-order valence-corrected chi connectivity index (χ0v) is 8.04. The summed E-state index contributed by atoms with van der Waals surface area (Å²) in [5.74, 6) is -6.56. The van der Waals surface area contributed by atoms with E-state index in [0.29, 0.717) is 0 Å². The van der Waals surface area contributed by atoms with Gasteiger partial charge in [-0.05, 0) is 6.42 Å². The van der Waals surface area contributed by atoms with Crippen LogP contribution in [0.4, 0.5) is 0 Å². The number of Topliss-reactive ketones (excluding diaryl/α,β-unsaturated/α-hetero) is 1. The van der Waals surface area contributed by atoms with Gasteiger partial charge in [0.15, 0.2) is 5.60 Å². The van der Waals surface area contributed by atoms with Crippen molar-refractivity contribution in [2.75, 3.05) is 0 Å². The molecule has 0 aliphatic carbocycles. The highest BCUT2D eigenvalue weighted by Crippen LogP contribution is 2.18. The minimum Gasteiger partial charge on any atom is -0.481 e. The molecule has 8 heteroatoms. The Morgan fingerprint density at radius 1 is 1.00 bits per heavy atom. The summed E-state index contributed by atoms with van der Waals surface area (Å²) >= 11 is 0. The van der Waals surface area contributed by atoms with Gasteiger partial charge in [-0.3, -0.25) is 9.59 Å². The fourth-order valence-electron chi connectivity index (χ4n) is 0.926. The number of aliphatic hydroxyl groups is 1. The number of carboxylic acid groups (broad SMARTS) is 3. The molecule has 0 aromatic heterocycles. The number of aliphatic carboxylic acids is 3. The van der Waals surface area contributed by atoms with Crippen LogP contribution in [0.25, 0.3) is 0 Å². The SMILES string of the molecule is O=C(O)CCC(O)(CC(=O)C(=O)O)C(=O)O. The van der Waals surface area contributed by atoms with Crippen molar-refractivity contribution in [3.63, 3.8) is 0 Å². The molecule has 0 aromatic rings. The summed E-state index contributed by atoms with van der Waals surface area (Å²) in [6.07, 6.45) is -2.59. The Hall–Kier alpha value is -1.96. The van der Waals surface area contributed by atoms with Crippen LogP contribution in [0.3, 0.4) is 0 Å². The van der Waals surface area contributed by atoms with Gasteiger partial charge < -0.3 is 20.4 Å². The number of hydrogen-bond donors (Lipinski definition) is 4. The van der Waals surface area contributed by atoms with E-state index in [1.54, 1.807) is 0 Å². The van der Waals surface area contributed by atoms with Gasteiger partial charge in [0.2, 0.25) is 5.78 Å². The van der Waals surface area contributed by atoms with E-state index >= 15 is 0 Å². The molecular formula is C8H10O8. The topological polar surface area (TPSA) is 149 Å². The van der Waals surface area contributed by atoms with Crippen molar-refractivity contribution in [3.05, 3.63) is 0 Å². The summed E-state index contributed by atoms with van der Waals surface area (Å²) in [6.45, 7) is 0. The lowest BCUT2D eigenvalue weighted by molar-refractivity contribution is -0.165. The molecule has 0 fully saturated rings. The van der Waals surface area contributed by atoms with Crippen molar-refractivity contribution in [1.82, 2.24) is 0 Å². The van der Waals surface area contributed by atoms with E-state index in [4.69, 9.17) is 15.3 Å². The highest BCUT2D eigenvalue weighted by atomic mass is 16.4. The van der Waals surface area contributed by atoms with Crippen LogP contribution in [0.15, 0.2) is 0 Å². The molecule has 8 nitrogen and oxygen atoms in total. The predicted molar refractivity (Wildman–Crippen MR) is 46.7 cm³/mol. The number of carboxylic acids is 3. The minimum absolute atomic E-state index is 0.685. The van der Waals surface area contributed by atoms with Crippen LogP contribution >= 0.6 is 0 Å². The lowest BCUT2D eigenvalue weighted by atomic mass is 9.92. The second kappa shape index (κ2) is 5.21. The van der Waals surface area contributed by atoms with Crippen LogP contribution < -0.4 is 0 Å². The number of carbonyl (C=O) groups is 4. The maximum absolute atomic E-state index is 10.7. The fourth-order valence-corrected chi connectivity index (χ4v) is 0.926. The number of rotatable bonds is 7. The summed E-state index contributed by atoms with van der Waals surface area (Å²) in [5.41, 5.74) is -2.66. The molecule has 90 valence electrons. The third-order valence-corrected chi connectivity index (χ3v) is 1.84. The quantitative estimate of drug-likeness (QED) is 0.397. The molecule has 0 bridgehead atoms. The molecule has 16 heavy (non-hydrogen) atoms. The van der Waals surface area contributed by atoms with Crippen LogP contribution in [0.5, 0.6) is 0 Å². The molecule has 0 saturated carbocycles. The predicted octanol–water partition coefficient (Wildman–Crippen LogP) is -1.29. The van der Waals surface area contributed by atoms with E-state index < -0.39 is 48.6 Å². The Morgan fingerprint density at radius 3 is 1.81 bits per heavy atom. The van der Waals surface area contributed by atoms with Gasteiger partial charge in [0, 0.05) is 6.42 Å². The average molecular weight is 234 g/mol. The molecule has 0 radical (unpaired) electrons. The normalized spacial score (nSPS) is 13.8. The molecule has 0 aliphatic heterocycles. The monoisotopic (exact) mass is 234 g/mol. The molecule has 0 amide bonds. The smallest absolute Gasteiger partial charge is 0.372 e. The van der Waals surface area contributed by atoms with Crippen molar-refractivity contribution >= 4 is 23.7 Å². The summed E-state index contributed by atoms with van der Waals surface area (Å²) in [5, 5.41) is 34.5. The van der Waals surface area contributed by atoms with E-state index in [1.165, 1.54) is 0 Å². The van der Waals surface area contributed by atoms with E-state index in [1.807, 2.05) is 0 Å². The first-order chi connectivity index (χ1) is 7.19. The Kier molecular flexibility index (Phi) is 4.58. The van der Waals surface area contributed by atoms with Crippen molar-refractivity contribution in [2.24, 2.45) is 0 Å². The molecule has 0 spiro atoms. The van der Waals surface area contributed by atoms with Crippen molar-refractivity contribution < 1.29 is 39.6 Å². The van der Waals surface area contributed by atoms with Gasteiger partial charge in [-0.25, -0.2) is 9.59 Å². The lowest BCUT2D eigenvalue weighted by Gasteiger charge is -2.20. The largest absolute Gasteiger partial charge is 0.481 e. The number of hydrogen-bond acceptors (Lipinski definition) is 5. The molecular weight excluding hydrogens is 224 g/mol. The van der Waals surface area contributed by atoms with Gasteiger partial charge >= 0.3 is 17.9 Å². The maximum atomic E-state index is 10.7. The Labute approximate surface area is 89.1 Å². The van der Waals surface area contributed by atoms with Gasteiger partial charge in [-0.2, -0.15) is 0 Å². The van der Waals surface area contributed by atoms with Crippen LogP contribution in [0.2, 0.25) is 0 Å². The minimum atomic E-state index is -2.66. The summed E-state index contributed by atoms with van der Waals surface area (Å²) in [4.78, 5) is 41.7. The summed E-state index contributed by atoms with van der Waals surface area (Å²) in [7, 11) is 0. The van der Waals surface area contributed by atoms with Gasteiger partial charge in [0.25, 0.3) is 0 Å². The number of ketones is 1. The molecule has 0 aromatic carbocycles. The second-order valence-electron chi connectivity index (χ2n) is 3.14. The van der Waals surface area contributed by atoms with Gasteiger partial charge in [0.1, 0.15) is 0 Å². The molecule has 4 N–H and O–H groups in total. The lowest BCUT2D eigenvalue weighted by Crippen LogP contribution is -2.42. The zero-order valence-electron chi connectivity index (χ0n) is 8.04. The van der Waals surface area contributed by atoms with Crippen molar-refractivity contribution in [1.29, 1.82) is 0 Å². The Morgan fingerprint density at radius 2 is 1.50 bits per heavy atom. The molecule has 1 atom stereocenters. The first-order valence-electron chi connectivity index (χ1n) is 4.13. The van der Waals surface area contributed by atoms with E-state index in [-0.39, 0.29) is 0 Å². The molecule has 0 saturated heterocycles. The van der Waals surface area contributed by atoms with Crippen molar-refractivity contribution in [2.45, 2.75) is 24.9 Å². The van der Waals surface area contributed by atoms with Gasteiger partial charge in [-0.15, -0.1) is 0 Å². The van der Waals surface area contributed by atoms with Crippen LogP contribution in [-0.2, 0) is 19.2 Å². The van der Waals surface area contributed by atoms with Crippen molar-refractivity contribution in [3.8, 4) is 0 Å². The van der Waals surface area contributed by atoms with E-state index in [9.17, 15) is 24.3 Å². The first-order valence-corrected chi connectivity index (χ1v) is 4.13. The Bertz CT molecular complexity index is 333. The summed E-state index contributed by atoms with van der Waals surface area (Å²) < 4.78 is 0. The third-order valence-electron chi connectivity index (χ3n) is 1.84. The zero-order chi connectivity index (χ0) is 12.9. The highest BCUT2D eigenvalue weighted by molar-refractivity contribution is 6.33. The first kappa shape index (κ1) is 14.0. The van der Waals surface area contributed by atoms with Crippen LogP contribution in [0, 0.1) is 0 Å².